The number of nitrogens with zero attached hydrogens (tertiary/aromatic N) is 3. The molecule has 2 aromatic rings. The van der Waals surface area contributed by atoms with Gasteiger partial charge in [-0.1, -0.05) is 12.1 Å². The van der Waals surface area contributed by atoms with Gasteiger partial charge in [0.05, 0.1) is 12.9 Å². The van der Waals surface area contributed by atoms with Crippen molar-refractivity contribution in [3.05, 3.63) is 48.2 Å². The van der Waals surface area contributed by atoms with E-state index in [-0.39, 0.29) is 28.7 Å². The number of sulfonamides is 1. The SMILES string of the molecule is COCC(C)NC[C@@H]1CN(S(=O)(=O)c2cn(C)cn2)C[C@H]1c1ccc(F)cc1. The highest BCUT2D eigenvalue weighted by atomic mass is 32.2. The Hall–Kier alpha value is -1.81. The summed E-state index contributed by atoms with van der Waals surface area (Å²) in [7, 11) is -0.287. The number of imidazole rings is 1. The van der Waals surface area contributed by atoms with Crippen molar-refractivity contribution in [2.75, 3.05) is 33.4 Å². The van der Waals surface area contributed by atoms with E-state index in [0.717, 1.165) is 5.56 Å². The molecule has 0 saturated carbocycles. The summed E-state index contributed by atoms with van der Waals surface area (Å²) >= 11 is 0. The van der Waals surface area contributed by atoms with Gasteiger partial charge in [0, 0.05) is 51.9 Å². The van der Waals surface area contributed by atoms with Gasteiger partial charge in [0.2, 0.25) is 0 Å². The summed E-state index contributed by atoms with van der Waals surface area (Å²) in [6.07, 6.45) is 2.99. The van der Waals surface area contributed by atoms with Crippen LogP contribution in [0.4, 0.5) is 4.39 Å². The third kappa shape index (κ3) is 4.60. The summed E-state index contributed by atoms with van der Waals surface area (Å²) in [5.74, 6) is -0.271. The number of halogens is 1. The Labute approximate surface area is 165 Å². The first-order valence-electron chi connectivity index (χ1n) is 9.27. The fourth-order valence-corrected chi connectivity index (χ4v) is 5.13. The quantitative estimate of drug-likeness (QED) is 0.715. The number of benzene rings is 1. The molecule has 2 heterocycles. The second-order valence-electron chi connectivity index (χ2n) is 7.38. The molecule has 3 atom stereocenters. The molecule has 7 nitrogen and oxygen atoms in total. The van der Waals surface area contributed by atoms with Crippen LogP contribution in [-0.4, -0.2) is 61.7 Å². The van der Waals surface area contributed by atoms with E-state index in [1.807, 2.05) is 6.92 Å². The van der Waals surface area contributed by atoms with Gasteiger partial charge < -0.3 is 14.6 Å². The molecule has 1 aromatic heterocycles. The first kappa shape index (κ1) is 20.9. The fraction of sp³-hybridized carbons (Fsp3) is 0.526. The van der Waals surface area contributed by atoms with E-state index in [9.17, 15) is 12.8 Å². The molecule has 1 saturated heterocycles. The lowest BCUT2D eigenvalue weighted by atomic mass is 9.89. The lowest BCUT2D eigenvalue weighted by Crippen LogP contribution is -2.36. The summed E-state index contributed by atoms with van der Waals surface area (Å²) < 4.78 is 47.6. The maximum absolute atomic E-state index is 13.4. The van der Waals surface area contributed by atoms with Crippen molar-refractivity contribution in [1.29, 1.82) is 0 Å². The van der Waals surface area contributed by atoms with Crippen LogP contribution < -0.4 is 5.32 Å². The number of aromatic nitrogens is 2. The molecule has 28 heavy (non-hydrogen) atoms. The van der Waals surface area contributed by atoms with Gasteiger partial charge in [-0.05, 0) is 30.5 Å². The van der Waals surface area contributed by atoms with Gasteiger partial charge in [0.1, 0.15) is 5.82 Å². The lowest BCUT2D eigenvalue weighted by Gasteiger charge is -2.21. The third-order valence-corrected chi connectivity index (χ3v) is 6.85. The third-order valence-electron chi connectivity index (χ3n) is 5.14. The second kappa shape index (κ2) is 8.69. The zero-order chi connectivity index (χ0) is 20.3. The molecule has 0 bridgehead atoms. The van der Waals surface area contributed by atoms with Gasteiger partial charge in [-0.25, -0.2) is 17.8 Å². The molecular weight excluding hydrogens is 383 g/mol. The van der Waals surface area contributed by atoms with Gasteiger partial charge in [-0.2, -0.15) is 4.31 Å². The molecule has 0 aliphatic carbocycles. The molecule has 9 heteroatoms. The standard InChI is InChI=1S/C19H27FN4O3S/c1-14(12-27-3)21-8-16-9-24(28(25,26)19-11-23(2)13-22-19)10-18(16)15-4-6-17(20)7-5-15/h4-7,11,13-14,16,18,21H,8-10,12H2,1-3H3/t14?,16-,18+/m1/s1. The molecule has 3 rings (SSSR count). The van der Waals surface area contributed by atoms with Crippen LogP contribution in [-0.2, 0) is 21.8 Å². The summed E-state index contributed by atoms with van der Waals surface area (Å²) in [6, 6.07) is 6.47. The van der Waals surface area contributed by atoms with Crippen molar-refractivity contribution >= 4 is 10.0 Å². The van der Waals surface area contributed by atoms with Gasteiger partial charge in [-0.15, -0.1) is 0 Å². The van der Waals surface area contributed by atoms with E-state index in [1.54, 1.807) is 30.9 Å². The Balaban J connectivity index is 1.82. The van der Waals surface area contributed by atoms with E-state index in [1.165, 1.54) is 29.0 Å². The number of rotatable bonds is 8. The van der Waals surface area contributed by atoms with Crippen molar-refractivity contribution in [2.24, 2.45) is 13.0 Å². The van der Waals surface area contributed by atoms with Gasteiger partial charge in [0.15, 0.2) is 5.03 Å². The topological polar surface area (TPSA) is 76.5 Å². The van der Waals surface area contributed by atoms with Crippen LogP contribution >= 0.6 is 0 Å². The van der Waals surface area contributed by atoms with Gasteiger partial charge in [0.25, 0.3) is 10.0 Å². The van der Waals surface area contributed by atoms with Crippen LogP contribution in [0, 0.1) is 11.7 Å². The summed E-state index contributed by atoms with van der Waals surface area (Å²) in [5.41, 5.74) is 0.936. The highest BCUT2D eigenvalue weighted by molar-refractivity contribution is 7.89. The van der Waals surface area contributed by atoms with Crippen LogP contribution in [0.3, 0.4) is 0 Å². The molecule has 0 spiro atoms. The number of ether oxygens (including phenoxy) is 1. The number of aryl methyl sites for hydroxylation is 1. The van der Waals surface area contributed by atoms with E-state index in [4.69, 9.17) is 4.74 Å². The normalized spacial score (nSPS) is 21.9. The predicted molar refractivity (Wildman–Crippen MR) is 104 cm³/mol. The van der Waals surface area contributed by atoms with E-state index in [2.05, 4.69) is 10.3 Å². The molecular formula is C19H27FN4O3S. The minimum atomic E-state index is -3.67. The molecule has 0 amide bonds. The maximum Gasteiger partial charge on any atom is 0.262 e. The molecule has 1 aliphatic heterocycles. The summed E-state index contributed by atoms with van der Waals surface area (Å²) in [6.45, 7) is 3.96. The van der Waals surface area contributed by atoms with Crippen LogP contribution in [0.25, 0.3) is 0 Å². The van der Waals surface area contributed by atoms with Crippen molar-refractivity contribution in [3.63, 3.8) is 0 Å². The molecule has 1 aromatic carbocycles. The van der Waals surface area contributed by atoms with E-state index < -0.39 is 10.0 Å². The zero-order valence-corrected chi connectivity index (χ0v) is 17.2. The Morgan fingerprint density at radius 1 is 1.32 bits per heavy atom. The summed E-state index contributed by atoms with van der Waals surface area (Å²) in [4.78, 5) is 4.02. The first-order chi connectivity index (χ1) is 13.3. The first-order valence-corrected chi connectivity index (χ1v) is 10.7. The minimum Gasteiger partial charge on any atom is -0.383 e. The highest BCUT2D eigenvalue weighted by Crippen LogP contribution is 2.35. The van der Waals surface area contributed by atoms with Crippen molar-refractivity contribution in [3.8, 4) is 0 Å². The van der Waals surface area contributed by atoms with Crippen LogP contribution in [0.2, 0.25) is 0 Å². The number of hydrogen-bond acceptors (Lipinski definition) is 5. The Morgan fingerprint density at radius 2 is 2.04 bits per heavy atom. The lowest BCUT2D eigenvalue weighted by molar-refractivity contribution is 0.169. The number of nitrogens with one attached hydrogen (secondary N) is 1. The van der Waals surface area contributed by atoms with Crippen molar-refractivity contribution in [1.82, 2.24) is 19.2 Å². The zero-order valence-electron chi connectivity index (χ0n) is 16.4. The van der Waals surface area contributed by atoms with E-state index >= 15 is 0 Å². The smallest absolute Gasteiger partial charge is 0.262 e. The second-order valence-corrected chi connectivity index (χ2v) is 9.27. The maximum atomic E-state index is 13.4. The molecule has 1 N–H and O–H groups in total. The Bertz CT molecular complexity index is 885. The molecule has 1 unspecified atom stereocenters. The van der Waals surface area contributed by atoms with E-state index in [0.29, 0.717) is 26.2 Å². The molecule has 1 fully saturated rings. The Kier molecular flexibility index (Phi) is 6.49. The van der Waals surface area contributed by atoms with Crippen LogP contribution in [0.5, 0.6) is 0 Å². The molecule has 154 valence electrons. The van der Waals surface area contributed by atoms with Crippen LogP contribution in [0.15, 0.2) is 41.8 Å². The minimum absolute atomic E-state index is 0.0265. The monoisotopic (exact) mass is 410 g/mol. The number of methoxy groups -OCH3 is 1. The van der Waals surface area contributed by atoms with Gasteiger partial charge in [-0.3, -0.25) is 0 Å². The molecule has 1 aliphatic rings. The predicted octanol–water partition coefficient (Wildman–Crippen LogP) is 1.59. The number of hydrogen-bond donors (Lipinski definition) is 1. The largest absolute Gasteiger partial charge is 0.383 e. The van der Waals surface area contributed by atoms with Crippen molar-refractivity contribution in [2.45, 2.75) is 23.9 Å². The van der Waals surface area contributed by atoms with Crippen molar-refractivity contribution < 1.29 is 17.5 Å². The Morgan fingerprint density at radius 3 is 2.64 bits per heavy atom. The molecule has 0 radical (unpaired) electrons. The van der Waals surface area contributed by atoms with Crippen LogP contribution in [0.1, 0.15) is 18.4 Å². The average molecular weight is 411 g/mol. The highest BCUT2D eigenvalue weighted by Gasteiger charge is 2.40. The fourth-order valence-electron chi connectivity index (χ4n) is 3.64. The summed E-state index contributed by atoms with van der Waals surface area (Å²) in [5, 5.41) is 3.46. The average Bonchev–Trinajstić information content (AvgIpc) is 3.28. The van der Waals surface area contributed by atoms with Gasteiger partial charge >= 0.3 is 0 Å².